The number of aliphatic hydroxyl groups is 1. The molecule has 1 atom stereocenters. The van der Waals surface area contributed by atoms with Crippen LogP contribution in [0.15, 0.2) is 0 Å². The third-order valence-electron chi connectivity index (χ3n) is 3.71. The first-order chi connectivity index (χ1) is 8.30. The van der Waals surface area contributed by atoms with Crippen LogP contribution >= 0.6 is 11.8 Å². The van der Waals surface area contributed by atoms with Crippen LogP contribution in [0.5, 0.6) is 0 Å². The Balaban J connectivity index is 1.73. The lowest BCUT2D eigenvalue weighted by atomic mass is 9.96. The molecule has 1 unspecified atom stereocenters. The van der Waals surface area contributed by atoms with Crippen molar-refractivity contribution in [2.75, 3.05) is 31.8 Å². The smallest absolute Gasteiger partial charge is 0.0624 e. The van der Waals surface area contributed by atoms with Gasteiger partial charge in [0.2, 0.25) is 0 Å². The van der Waals surface area contributed by atoms with Crippen LogP contribution in [0, 0.1) is 5.92 Å². The van der Waals surface area contributed by atoms with E-state index in [-0.39, 0.29) is 5.54 Å². The zero-order chi connectivity index (χ0) is 12.1. The van der Waals surface area contributed by atoms with Crippen molar-refractivity contribution in [3.8, 4) is 0 Å². The Morgan fingerprint density at radius 2 is 2.12 bits per heavy atom. The number of ether oxygens (including phenoxy) is 1. The Hall–Kier alpha value is 0.230. The molecule has 100 valence electrons. The Morgan fingerprint density at radius 3 is 2.65 bits per heavy atom. The minimum Gasteiger partial charge on any atom is -0.394 e. The van der Waals surface area contributed by atoms with Crippen LogP contribution in [0.1, 0.15) is 32.1 Å². The number of aliphatic hydroxyl groups excluding tert-OH is 1. The van der Waals surface area contributed by atoms with Gasteiger partial charge in [-0.25, -0.2) is 0 Å². The van der Waals surface area contributed by atoms with E-state index in [1.807, 2.05) is 11.8 Å². The molecule has 2 N–H and O–H groups in total. The van der Waals surface area contributed by atoms with Gasteiger partial charge in [-0.2, -0.15) is 11.8 Å². The lowest BCUT2D eigenvalue weighted by Gasteiger charge is -2.33. The van der Waals surface area contributed by atoms with Gasteiger partial charge in [-0.1, -0.05) is 0 Å². The highest BCUT2D eigenvalue weighted by molar-refractivity contribution is 7.99. The van der Waals surface area contributed by atoms with Crippen LogP contribution in [-0.2, 0) is 4.74 Å². The van der Waals surface area contributed by atoms with Crippen LogP contribution in [0.4, 0.5) is 0 Å². The first kappa shape index (κ1) is 13.7. The molecule has 2 saturated carbocycles. The van der Waals surface area contributed by atoms with Crippen molar-refractivity contribution in [2.45, 2.75) is 43.7 Å². The summed E-state index contributed by atoms with van der Waals surface area (Å²) in [5.41, 5.74) is 0.0128. The molecule has 0 aromatic rings. The van der Waals surface area contributed by atoms with E-state index in [9.17, 15) is 5.11 Å². The second-order valence-electron chi connectivity index (χ2n) is 5.41. The van der Waals surface area contributed by atoms with Gasteiger partial charge in [0.25, 0.3) is 0 Å². The second kappa shape index (κ2) is 6.41. The lowest BCUT2D eigenvalue weighted by Crippen LogP contribution is -2.54. The molecular formula is C13H25NO2S. The maximum Gasteiger partial charge on any atom is 0.0624 e. The molecule has 2 fully saturated rings. The Labute approximate surface area is 109 Å². The molecule has 0 spiro atoms. The molecule has 0 aromatic carbocycles. The van der Waals surface area contributed by atoms with E-state index in [2.05, 4.69) is 5.32 Å². The zero-order valence-electron chi connectivity index (χ0n) is 10.8. The summed E-state index contributed by atoms with van der Waals surface area (Å²) in [6.07, 6.45) is 6.28. The summed E-state index contributed by atoms with van der Waals surface area (Å²) in [5.74, 6) is 2.89. The van der Waals surface area contributed by atoms with E-state index < -0.39 is 0 Å². The monoisotopic (exact) mass is 259 g/mol. The minimum absolute atomic E-state index is 0.0128. The van der Waals surface area contributed by atoms with Gasteiger partial charge < -0.3 is 15.2 Å². The van der Waals surface area contributed by atoms with E-state index in [0.717, 1.165) is 24.5 Å². The Kier molecular flexibility index (Phi) is 5.15. The van der Waals surface area contributed by atoms with Crippen molar-refractivity contribution in [3.63, 3.8) is 0 Å². The molecular weight excluding hydrogens is 234 g/mol. The number of hydrogen-bond acceptors (Lipinski definition) is 4. The van der Waals surface area contributed by atoms with Gasteiger partial charge in [-0.15, -0.1) is 0 Å². The zero-order valence-corrected chi connectivity index (χ0v) is 11.6. The number of thioether (sulfide) groups is 1. The number of hydrogen-bond donors (Lipinski definition) is 2. The molecule has 0 heterocycles. The van der Waals surface area contributed by atoms with Crippen molar-refractivity contribution in [3.05, 3.63) is 0 Å². The van der Waals surface area contributed by atoms with Crippen LogP contribution in [-0.4, -0.2) is 48.5 Å². The van der Waals surface area contributed by atoms with Gasteiger partial charge >= 0.3 is 0 Å². The maximum absolute atomic E-state index is 9.77. The summed E-state index contributed by atoms with van der Waals surface area (Å²) in [6, 6.07) is 0.683. The summed E-state index contributed by atoms with van der Waals surface area (Å²) < 4.78 is 5.06. The molecule has 17 heavy (non-hydrogen) atoms. The average molecular weight is 259 g/mol. The fraction of sp³-hybridized carbons (Fsp3) is 1.00. The van der Waals surface area contributed by atoms with Gasteiger partial charge in [0.1, 0.15) is 0 Å². The molecule has 2 aliphatic rings. The molecule has 3 nitrogen and oxygen atoms in total. The molecule has 0 saturated heterocycles. The van der Waals surface area contributed by atoms with Gasteiger partial charge in [-0.05, 0) is 43.8 Å². The maximum atomic E-state index is 9.77. The minimum atomic E-state index is 0.0128. The molecule has 2 aliphatic carbocycles. The number of rotatable bonds is 10. The van der Waals surface area contributed by atoms with E-state index in [1.165, 1.54) is 25.7 Å². The van der Waals surface area contributed by atoms with Crippen molar-refractivity contribution < 1.29 is 9.84 Å². The molecule has 0 bridgehead atoms. The van der Waals surface area contributed by atoms with Crippen molar-refractivity contribution >= 4 is 11.8 Å². The van der Waals surface area contributed by atoms with E-state index in [1.54, 1.807) is 7.11 Å². The Bertz CT molecular complexity index is 231. The number of methoxy groups -OCH3 is 1. The molecule has 0 aliphatic heterocycles. The molecule has 0 radical (unpaired) electrons. The fourth-order valence-corrected chi connectivity index (χ4v) is 3.57. The average Bonchev–Trinajstić information content (AvgIpc) is 3.18. The highest BCUT2D eigenvalue weighted by Crippen LogP contribution is 2.43. The highest BCUT2D eigenvalue weighted by atomic mass is 32.2. The van der Waals surface area contributed by atoms with Crippen molar-refractivity contribution in [2.24, 2.45) is 5.92 Å². The predicted octanol–water partition coefficient (Wildman–Crippen LogP) is 1.65. The molecule has 4 heteroatoms. The third-order valence-corrected chi connectivity index (χ3v) is 5.00. The number of nitrogens with one attached hydrogen (secondary N) is 1. The van der Waals surface area contributed by atoms with Gasteiger partial charge in [-0.3, -0.25) is 0 Å². The first-order valence-corrected chi connectivity index (χ1v) is 7.91. The van der Waals surface area contributed by atoms with Crippen LogP contribution in [0.2, 0.25) is 0 Å². The van der Waals surface area contributed by atoms with Crippen molar-refractivity contribution in [1.82, 2.24) is 5.32 Å². The van der Waals surface area contributed by atoms with Crippen LogP contribution in [0.3, 0.4) is 0 Å². The standard InChI is InChI=1S/C13H25NO2S/c1-16-7-2-8-17-10-13(9-15,11-3-4-11)14-12-5-6-12/h11-12,14-15H,2-10H2,1H3. The largest absolute Gasteiger partial charge is 0.394 e. The fourth-order valence-electron chi connectivity index (χ4n) is 2.33. The molecule has 2 rings (SSSR count). The normalized spacial score (nSPS) is 23.6. The first-order valence-electron chi connectivity index (χ1n) is 6.76. The topological polar surface area (TPSA) is 41.5 Å². The summed E-state index contributed by atoms with van der Waals surface area (Å²) in [5, 5.41) is 13.5. The highest BCUT2D eigenvalue weighted by Gasteiger charge is 2.46. The quantitative estimate of drug-likeness (QED) is 0.585. The van der Waals surface area contributed by atoms with Crippen molar-refractivity contribution in [1.29, 1.82) is 0 Å². The summed E-state index contributed by atoms with van der Waals surface area (Å²) in [4.78, 5) is 0. The van der Waals surface area contributed by atoms with Gasteiger partial charge in [0.15, 0.2) is 0 Å². The lowest BCUT2D eigenvalue weighted by molar-refractivity contribution is 0.157. The summed E-state index contributed by atoms with van der Waals surface area (Å²) >= 11 is 1.96. The predicted molar refractivity (Wildman–Crippen MR) is 72.5 cm³/mol. The van der Waals surface area contributed by atoms with E-state index in [4.69, 9.17) is 4.74 Å². The second-order valence-corrected chi connectivity index (χ2v) is 6.51. The molecule has 0 amide bonds. The molecule has 0 aromatic heterocycles. The van der Waals surface area contributed by atoms with Crippen LogP contribution < -0.4 is 5.32 Å². The van der Waals surface area contributed by atoms with E-state index >= 15 is 0 Å². The SMILES string of the molecule is COCCCSCC(CO)(NC1CC1)C1CC1. The Morgan fingerprint density at radius 1 is 1.35 bits per heavy atom. The third kappa shape index (κ3) is 4.12. The summed E-state index contributed by atoms with van der Waals surface area (Å²) in [7, 11) is 1.75. The summed E-state index contributed by atoms with van der Waals surface area (Å²) in [6.45, 7) is 1.14. The van der Waals surface area contributed by atoms with Gasteiger partial charge in [0, 0.05) is 25.5 Å². The van der Waals surface area contributed by atoms with E-state index in [0.29, 0.717) is 18.6 Å². The van der Waals surface area contributed by atoms with Crippen LogP contribution in [0.25, 0.3) is 0 Å². The van der Waals surface area contributed by atoms with Gasteiger partial charge in [0.05, 0.1) is 12.1 Å².